The number of hydrogen-bond acceptors (Lipinski definition) is 5. The van der Waals surface area contributed by atoms with Crippen molar-refractivity contribution in [2.45, 2.75) is 38.7 Å². The Hall–Kier alpha value is -2.62. The molecule has 0 radical (unpaired) electrons. The summed E-state index contributed by atoms with van der Waals surface area (Å²) in [4.78, 5) is 10.5. The molecule has 28 heavy (non-hydrogen) atoms. The smallest absolute Gasteiger partial charge is 0.352 e. The van der Waals surface area contributed by atoms with Gasteiger partial charge in [0.15, 0.2) is 11.8 Å². The van der Waals surface area contributed by atoms with Gasteiger partial charge >= 0.3 is 6.18 Å². The highest BCUT2D eigenvalue weighted by molar-refractivity contribution is 5.79. The summed E-state index contributed by atoms with van der Waals surface area (Å²) in [5, 5.41) is 10.2. The van der Waals surface area contributed by atoms with Crippen molar-refractivity contribution >= 4 is 5.96 Å². The van der Waals surface area contributed by atoms with Crippen LogP contribution in [0.4, 0.5) is 13.2 Å². The Labute approximate surface area is 161 Å². The zero-order valence-corrected chi connectivity index (χ0v) is 15.8. The van der Waals surface area contributed by atoms with E-state index in [2.05, 4.69) is 30.7 Å². The number of aliphatic imine (C=N–C) groups is 1. The summed E-state index contributed by atoms with van der Waals surface area (Å²) in [7, 11) is 1.68. The predicted octanol–water partition coefficient (Wildman–Crippen LogP) is 2.34. The lowest BCUT2D eigenvalue weighted by Gasteiger charge is -2.19. The topological polar surface area (TPSA) is 78.6 Å². The molecule has 0 amide bonds. The van der Waals surface area contributed by atoms with Crippen molar-refractivity contribution in [3.63, 3.8) is 0 Å². The lowest BCUT2D eigenvalue weighted by molar-refractivity contribution is -0.137. The largest absolute Gasteiger partial charge is 0.416 e. The van der Waals surface area contributed by atoms with Gasteiger partial charge in [-0.25, -0.2) is 0 Å². The van der Waals surface area contributed by atoms with Crippen LogP contribution in [0.2, 0.25) is 0 Å². The van der Waals surface area contributed by atoms with Crippen molar-refractivity contribution in [2.24, 2.45) is 4.99 Å². The van der Waals surface area contributed by atoms with Crippen molar-refractivity contribution in [3.8, 4) is 0 Å². The van der Waals surface area contributed by atoms with Gasteiger partial charge in [-0.05, 0) is 31.0 Å². The fourth-order valence-corrected chi connectivity index (χ4v) is 3.11. The average Bonchev–Trinajstić information content (AvgIpc) is 3.27. The Morgan fingerprint density at radius 1 is 1.32 bits per heavy atom. The van der Waals surface area contributed by atoms with Gasteiger partial charge in [0.1, 0.15) is 0 Å². The van der Waals surface area contributed by atoms with Crippen LogP contribution >= 0.6 is 0 Å². The molecule has 0 aliphatic carbocycles. The second-order valence-corrected chi connectivity index (χ2v) is 6.72. The molecule has 1 aliphatic rings. The monoisotopic (exact) mass is 396 g/mol. The van der Waals surface area contributed by atoms with E-state index in [0.717, 1.165) is 37.2 Å². The summed E-state index contributed by atoms with van der Waals surface area (Å²) in [5.74, 6) is 1.70. The number of nitrogens with zero attached hydrogens (tertiary/aromatic N) is 4. The molecule has 1 atom stereocenters. The number of guanidine groups is 1. The minimum absolute atomic E-state index is 0.199. The van der Waals surface area contributed by atoms with Crippen LogP contribution in [0, 0.1) is 6.92 Å². The van der Waals surface area contributed by atoms with E-state index in [0.29, 0.717) is 30.8 Å². The summed E-state index contributed by atoms with van der Waals surface area (Å²) in [6, 6.07) is 5.54. The third-order valence-corrected chi connectivity index (χ3v) is 4.50. The van der Waals surface area contributed by atoms with Crippen LogP contribution in [0.3, 0.4) is 0 Å². The zero-order chi connectivity index (χ0) is 20.1. The molecular weight excluding hydrogens is 373 g/mol. The summed E-state index contributed by atoms with van der Waals surface area (Å²) in [6.07, 6.45) is -3.38. The van der Waals surface area contributed by atoms with Gasteiger partial charge in [0.2, 0.25) is 5.89 Å². The molecule has 1 fully saturated rings. The molecule has 1 aromatic carbocycles. The van der Waals surface area contributed by atoms with Crippen LogP contribution in [0.5, 0.6) is 0 Å². The predicted molar refractivity (Wildman–Crippen MR) is 97.5 cm³/mol. The van der Waals surface area contributed by atoms with E-state index in [-0.39, 0.29) is 6.04 Å². The van der Waals surface area contributed by atoms with Crippen LogP contribution in [0.1, 0.15) is 29.3 Å². The molecule has 2 heterocycles. The van der Waals surface area contributed by atoms with Crippen LogP contribution in [-0.2, 0) is 19.3 Å². The Balaban J connectivity index is 1.46. The molecule has 2 N–H and O–H groups in total. The molecule has 2 aromatic rings. The molecule has 3 rings (SSSR count). The number of aromatic nitrogens is 2. The van der Waals surface area contributed by atoms with Crippen molar-refractivity contribution in [1.82, 2.24) is 25.7 Å². The van der Waals surface area contributed by atoms with Gasteiger partial charge in [-0.3, -0.25) is 9.89 Å². The van der Waals surface area contributed by atoms with E-state index < -0.39 is 11.7 Å². The average molecular weight is 396 g/mol. The Morgan fingerprint density at radius 2 is 2.07 bits per heavy atom. The highest BCUT2D eigenvalue weighted by atomic mass is 19.4. The SMILES string of the molecule is CN=C(NCc1nc(C)no1)NC1CCN(Cc2ccc(C(F)(F)F)cc2)C1. The molecule has 0 bridgehead atoms. The number of benzene rings is 1. The molecule has 0 saturated carbocycles. The molecule has 152 valence electrons. The fraction of sp³-hybridized carbons (Fsp3) is 0.500. The lowest BCUT2D eigenvalue weighted by Crippen LogP contribution is -2.44. The highest BCUT2D eigenvalue weighted by Gasteiger charge is 2.30. The van der Waals surface area contributed by atoms with Gasteiger partial charge in [-0.1, -0.05) is 17.3 Å². The normalized spacial score (nSPS) is 18.5. The quantitative estimate of drug-likeness (QED) is 0.597. The molecular formula is C18H23F3N6O. The summed E-state index contributed by atoms with van der Waals surface area (Å²) in [6.45, 7) is 4.38. The van der Waals surface area contributed by atoms with Crippen LogP contribution < -0.4 is 10.6 Å². The molecule has 1 unspecified atom stereocenters. The van der Waals surface area contributed by atoms with Gasteiger partial charge in [0.05, 0.1) is 12.1 Å². The summed E-state index contributed by atoms with van der Waals surface area (Å²) < 4.78 is 43.0. The first-order valence-electron chi connectivity index (χ1n) is 8.98. The van der Waals surface area contributed by atoms with Crippen molar-refractivity contribution in [1.29, 1.82) is 0 Å². The first-order chi connectivity index (χ1) is 13.3. The first kappa shape index (κ1) is 20.1. The molecule has 10 heteroatoms. The van der Waals surface area contributed by atoms with Crippen molar-refractivity contribution in [2.75, 3.05) is 20.1 Å². The second kappa shape index (κ2) is 8.59. The van der Waals surface area contributed by atoms with E-state index >= 15 is 0 Å². The molecule has 1 saturated heterocycles. The molecule has 0 spiro atoms. The van der Waals surface area contributed by atoms with E-state index in [1.165, 1.54) is 12.1 Å². The Kier molecular flexibility index (Phi) is 6.18. The van der Waals surface area contributed by atoms with E-state index in [9.17, 15) is 13.2 Å². The van der Waals surface area contributed by atoms with Gasteiger partial charge in [-0.2, -0.15) is 18.2 Å². The van der Waals surface area contributed by atoms with Crippen LogP contribution in [0.25, 0.3) is 0 Å². The fourth-order valence-electron chi connectivity index (χ4n) is 3.11. The molecule has 1 aromatic heterocycles. The molecule has 7 nitrogen and oxygen atoms in total. The summed E-state index contributed by atoms with van der Waals surface area (Å²) >= 11 is 0. The number of aryl methyl sites for hydroxylation is 1. The van der Waals surface area contributed by atoms with Gasteiger partial charge in [0, 0.05) is 32.7 Å². The Bertz CT molecular complexity index is 802. The number of alkyl halides is 3. The standard InChI is InChI=1S/C18H23F3N6O/c1-12-24-16(28-26-12)9-23-17(22-2)25-15-7-8-27(11-15)10-13-3-5-14(6-4-13)18(19,20)21/h3-6,15H,7-11H2,1-2H3,(H2,22,23,25). The maximum Gasteiger partial charge on any atom is 0.416 e. The maximum absolute atomic E-state index is 12.7. The van der Waals surface area contributed by atoms with E-state index in [4.69, 9.17) is 4.52 Å². The second-order valence-electron chi connectivity index (χ2n) is 6.72. The minimum atomic E-state index is -4.30. The number of halogens is 3. The van der Waals surface area contributed by atoms with Crippen LogP contribution in [0.15, 0.2) is 33.8 Å². The van der Waals surface area contributed by atoms with E-state index in [1.54, 1.807) is 14.0 Å². The third-order valence-electron chi connectivity index (χ3n) is 4.50. The number of hydrogen-bond donors (Lipinski definition) is 2. The first-order valence-corrected chi connectivity index (χ1v) is 8.98. The highest BCUT2D eigenvalue weighted by Crippen LogP contribution is 2.29. The van der Waals surface area contributed by atoms with E-state index in [1.807, 2.05) is 0 Å². The number of likely N-dealkylation sites (tertiary alicyclic amines) is 1. The minimum Gasteiger partial charge on any atom is -0.352 e. The van der Waals surface area contributed by atoms with Crippen molar-refractivity contribution < 1.29 is 17.7 Å². The zero-order valence-electron chi connectivity index (χ0n) is 15.8. The molecule has 1 aliphatic heterocycles. The van der Waals surface area contributed by atoms with Gasteiger partial charge in [0.25, 0.3) is 0 Å². The summed E-state index contributed by atoms with van der Waals surface area (Å²) in [5.41, 5.74) is 0.242. The van der Waals surface area contributed by atoms with Crippen molar-refractivity contribution in [3.05, 3.63) is 47.1 Å². The number of nitrogens with one attached hydrogen (secondary N) is 2. The van der Waals surface area contributed by atoms with Gasteiger partial charge in [-0.15, -0.1) is 0 Å². The Morgan fingerprint density at radius 3 is 2.68 bits per heavy atom. The lowest BCUT2D eigenvalue weighted by atomic mass is 10.1. The maximum atomic E-state index is 12.7. The van der Waals surface area contributed by atoms with Crippen LogP contribution in [-0.4, -0.2) is 47.2 Å². The third kappa shape index (κ3) is 5.44. The number of rotatable bonds is 5. The van der Waals surface area contributed by atoms with Gasteiger partial charge < -0.3 is 15.2 Å².